The summed E-state index contributed by atoms with van der Waals surface area (Å²) in [5.41, 5.74) is 0. The van der Waals surface area contributed by atoms with E-state index in [2.05, 4.69) is 29.4 Å². The molecule has 0 spiro atoms. The molecule has 0 saturated carbocycles. The minimum absolute atomic E-state index is 0.0755. The molecule has 1 aromatic heterocycles. The molecule has 0 aliphatic carbocycles. The number of nitrogens with one attached hydrogen (secondary N) is 1. The van der Waals surface area contributed by atoms with E-state index in [9.17, 15) is 4.79 Å². The summed E-state index contributed by atoms with van der Waals surface area (Å²) in [5.74, 6) is 2.67. The van der Waals surface area contributed by atoms with Crippen LogP contribution in [0, 0.1) is 5.92 Å². The number of carbonyl (C=O) groups excluding carboxylic acids is 1. The zero-order chi connectivity index (χ0) is 13.5. The molecule has 0 atom stereocenters. The number of rotatable bonds is 7. The summed E-state index contributed by atoms with van der Waals surface area (Å²) in [4.78, 5) is 11.1. The maximum atomic E-state index is 11.1. The molecular formula is C12H22N4OS. The normalized spacial score (nSPS) is 10.9. The number of nitrogens with zero attached hydrogens (tertiary/aromatic N) is 3. The second-order valence-electron chi connectivity index (χ2n) is 4.62. The standard InChI is InChI=1S/C12H22N4OS/c1-5-11(17)13-7-6-10-14-15-12(16(10)4)18-8-9(2)3/h9H,5-8H2,1-4H3,(H,13,17). The van der Waals surface area contributed by atoms with E-state index >= 15 is 0 Å². The van der Waals surface area contributed by atoms with E-state index in [-0.39, 0.29) is 5.91 Å². The van der Waals surface area contributed by atoms with Crippen LogP contribution >= 0.6 is 11.8 Å². The molecule has 102 valence electrons. The van der Waals surface area contributed by atoms with Crippen molar-refractivity contribution in [1.82, 2.24) is 20.1 Å². The summed E-state index contributed by atoms with van der Waals surface area (Å²) in [7, 11) is 1.97. The molecule has 0 bridgehead atoms. The van der Waals surface area contributed by atoms with Crippen LogP contribution in [0.3, 0.4) is 0 Å². The number of hydrogen-bond acceptors (Lipinski definition) is 4. The maximum Gasteiger partial charge on any atom is 0.219 e. The SMILES string of the molecule is CCC(=O)NCCc1nnc(SCC(C)C)n1C. The average Bonchev–Trinajstić information content (AvgIpc) is 2.68. The van der Waals surface area contributed by atoms with Crippen LogP contribution in [0.4, 0.5) is 0 Å². The van der Waals surface area contributed by atoms with Gasteiger partial charge in [0, 0.05) is 32.2 Å². The zero-order valence-corrected chi connectivity index (χ0v) is 12.4. The van der Waals surface area contributed by atoms with E-state index in [4.69, 9.17) is 0 Å². The average molecular weight is 270 g/mol. The van der Waals surface area contributed by atoms with Gasteiger partial charge in [0.1, 0.15) is 5.82 Å². The van der Waals surface area contributed by atoms with Gasteiger partial charge in [0.25, 0.3) is 0 Å². The lowest BCUT2D eigenvalue weighted by atomic mass is 10.3. The van der Waals surface area contributed by atoms with Crippen molar-refractivity contribution in [3.8, 4) is 0 Å². The fraction of sp³-hybridized carbons (Fsp3) is 0.750. The molecule has 5 nitrogen and oxygen atoms in total. The molecule has 1 aromatic rings. The van der Waals surface area contributed by atoms with Gasteiger partial charge in [-0.25, -0.2) is 0 Å². The van der Waals surface area contributed by atoms with Crippen molar-refractivity contribution in [1.29, 1.82) is 0 Å². The van der Waals surface area contributed by atoms with Gasteiger partial charge in [-0.15, -0.1) is 10.2 Å². The third-order valence-corrected chi connectivity index (χ3v) is 3.91. The molecule has 0 aliphatic rings. The van der Waals surface area contributed by atoms with Crippen molar-refractivity contribution in [3.63, 3.8) is 0 Å². The lowest BCUT2D eigenvalue weighted by Gasteiger charge is -2.06. The largest absolute Gasteiger partial charge is 0.356 e. The van der Waals surface area contributed by atoms with E-state index in [1.165, 1.54) is 0 Å². The van der Waals surface area contributed by atoms with Gasteiger partial charge in [-0.05, 0) is 5.92 Å². The van der Waals surface area contributed by atoms with Crippen molar-refractivity contribution in [2.24, 2.45) is 13.0 Å². The minimum Gasteiger partial charge on any atom is -0.356 e. The highest BCUT2D eigenvalue weighted by Gasteiger charge is 2.09. The minimum atomic E-state index is 0.0755. The van der Waals surface area contributed by atoms with Gasteiger partial charge in [-0.2, -0.15) is 0 Å². The van der Waals surface area contributed by atoms with Gasteiger partial charge in [0.15, 0.2) is 5.16 Å². The molecule has 6 heteroatoms. The summed E-state index contributed by atoms with van der Waals surface area (Å²) in [6.45, 7) is 6.83. The summed E-state index contributed by atoms with van der Waals surface area (Å²) < 4.78 is 2.01. The molecule has 18 heavy (non-hydrogen) atoms. The Morgan fingerprint density at radius 2 is 2.17 bits per heavy atom. The van der Waals surface area contributed by atoms with Crippen molar-refractivity contribution in [3.05, 3.63) is 5.82 Å². The molecule has 0 saturated heterocycles. The Morgan fingerprint density at radius 1 is 1.44 bits per heavy atom. The summed E-state index contributed by atoms with van der Waals surface area (Å²) in [5, 5.41) is 12.1. The Balaban J connectivity index is 2.45. The van der Waals surface area contributed by atoms with E-state index in [0.717, 1.165) is 23.2 Å². The van der Waals surface area contributed by atoms with Gasteiger partial charge in [-0.1, -0.05) is 32.5 Å². The van der Waals surface area contributed by atoms with Crippen LogP contribution in [-0.4, -0.2) is 33.0 Å². The van der Waals surface area contributed by atoms with Crippen LogP contribution in [0.1, 0.15) is 33.0 Å². The van der Waals surface area contributed by atoms with E-state index in [1.54, 1.807) is 11.8 Å². The number of aromatic nitrogens is 3. The summed E-state index contributed by atoms with van der Waals surface area (Å²) in [6.07, 6.45) is 1.24. The Kier molecular flexibility index (Phi) is 6.18. The number of amides is 1. The third kappa shape index (κ3) is 4.68. The van der Waals surface area contributed by atoms with E-state index in [1.807, 2.05) is 18.5 Å². The quantitative estimate of drug-likeness (QED) is 0.765. The Labute approximate surface area is 113 Å². The first-order chi connectivity index (χ1) is 8.54. The summed E-state index contributed by atoms with van der Waals surface area (Å²) >= 11 is 1.72. The van der Waals surface area contributed by atoms with Crippen LogP contribution in [0.15, 0.2) is 5.16 Å². The third-order valence-electron chi connectivity index (χ3n) is 2.46. The Hall–Kier alpha value is -1.04. The molecule has 1 N–H and O–H groups in total. The van der Waals surface area contributed by atoms with Gasteiger partial charge in [0.2, 0.25) is 5.91 Å². The monoisotopic (exact) mass is 270 g/mol. The molecule has 1 rings (SSSR count). The maximum absolute atomic E-state index is 11.1. The first-order valence-corrected chi connectivity index (χ1v) is 7.30. The molecule has 0 aliphatic heterocycles. The topological polar surface area (TPSA) is 59.8 Å². The Morgan fingerprint density at radius 3 is 2.78 bits per heavy atom. The van der Waals surface area contributed by atoms with Crippen molar-refractivity contribution in [2.75, 3.05) is 12.3 Å². The second-order valence-corrected chi connectivity index (χ2v) is 5.60. The molecule has 0 aromatic carbocycles. The van der Waals surface area contributed by atoms with Gasteiger partial charge in [-0.3, -0.25) is 4.79 Å². The van der Waals surface area contributed by atoms with Gasteiger partial charge < -0.3 is 9.88 Å². The van der Waals surface area contributed by atoms with Crippen molar-refractivity contribution >= 4 is 17.7 Å². The van der Waals surface area contributed by atoms with E-state index in [0.29, 0.717) is 18.9 Å². The first-order valence-electron chi connectivity index (χ1n) is 6.32. The van der Waals surface area contributed by atoms with Crippen molar-refractivity contribution in [2.45, 2.75) is 38.8 Å². The first kappa shape index (κ1) is 15.0. The zero-order valence-electron chi connectivity index (χ0n) is 11.6. The molecule has 0 unspecified atom stereocenters. The fourth-order valence-corrected chi connectivity index (χ4v) is 2.25. The molecule has 0 fully saturated rings. The van der Waals surface area contributed by atoms with Crippen LogP contribution in [0.2, 0.25) is 0 Å². The van der Waals surface area contributed by atoms with Crippen LogP contribution in [0.5, 0.6) is 0 Å². The van der Waals surface area contributed by atoms with Crippen LogP contribution < -0.4 is 5.32 Å². The van der Waals surface area contributed by atoms with Gasteiger partial charge >= 0.3 is 0 Å². The highest BCUT2D eigenvalue weighted by atomic mass is 32.2. The highest BCUT2D eigenvalue weighted by molar-refractivity contribution is 7.99. The molecule has 1 heterocycles. The smallest absolute Gasteiger partial charge is 0.219 e. The van der Waals surface area contributed by atoms with E-state index < -0.39 is 0 Å². The van der Waals surface area contributed by atoms with Crippen molar-refractivity contribution < 1.29 is 4.79 Å². The van der Waals surface area contributed by atoms with Crippen LogP contribution in [0.25, 0.3) is 0 Å². The number of carbonyl (C=O) groups is 1. The lowest BCUT2D eigenvalue weighted by molar-refractivity contribution is -0.120. The second kappa shape index (κ2) is 7.41. The number of thioether (sulfide) groups is 1. The van der Waals surface area contributed by atoms with Gasteiger partial charge in [0.05, 0.1) is 0 Å². The fourth-order valence-electron chi connectivity index (χ4n) is 1.37. The predicted octanol–water partition coefficient (Wildman–Crippen LogP) is 1.63. The molecule has 0 radical (unpaired) electrons. The Bertz CT molecular complexity index is 389. The molecular weight excluding hydrogens is 248 g/mol. The van der Waals surface area contributed by atoms with Crippen LogP contribution in [-0.2, 0) is 18.3 Å². The summed E-state index contributed by atoms with van der Waals surface area (Å²) in [6, 6.07) is 0. The molecule has 1 amide bonds. The lowest BCUT2D eigenvalue weighted by Crippen LogP contribution is -2.25. The number of hydrogen-bond donors (Lipinski definition) is 1. The predicted molar refractivity (Wildman–Crippen MR) is 73.6 cm³/mol. The highest BCUT2D eigenvalue weighted by Crippen LogP contribution is 2.18.